The molecule has 0 radical (unpaired) electrons. The summed E-state index contributed by atoms with van der Waals surface area (Å²) in [4.78, 5) is 10.7. The second-order valence-corrected chi connectivity index (χ2v) is 3.23. The fraction of sp³-hybridized carbons (Fsp3) is 0.667. The molecule has 3 heteroatoms. The molecule has 2 atom stereocenters. The molecule has 0 saturated carbocycles. The number of carbonyl (C=O) groups is 1. The van der Waals surface area contributed by atoms with Crippen molar-refractivity contribution < 1.29 is 9.90 Å². The van der Waals surface area contributed by atoms with E-state index in [1.807, 2.05) is 12.2 Å². The van der Waals surface area contributed by atoms with E-state index in [9.17, 15) is 4.79 Å². The first-order valence-corrected chi connectivity index (χ1v) is 4.37. The van der Waals surface area contributed by atoms with Crippen molar-refractivity contribution in [3.8, 4) is 0 Å². The van der Waals surface area contributed by atoms with Crippen molar-refractivity contribution in [2.75, 3.05) is 0 Å². The molecular formula is C9H15NO2. The number of allylic oxidation sites excluding steroid dienone is 1. The number of aliphatic carboxylic acids is 1. The van der Waals surface area contributed by atoms with Crippen LogP contribution >= 0.6 is 0 Å². The normalized spacial score (nSPS) is 33.4. The molecule has 12 heavy (non-hydrogen) atoms. The third-order valence-corrected chi connectivity index (χ3v) is 2.28. The van der Waals surface area contributed by atoms with Gasteiger partial charge < -0.3 is 10.8 Å². The molecule has 1 aliphatic rings. The van der Waals surface area contributed by atoms with Crippen molar-refractivity contribution in [1.82, 2.24) is 0 Å². The minimum Gasteiger partial charge on any atom is -0.481 e. The van der Waals surface area contributed by atoms with Gasteiger partial charge in [0.2, 0.25) is 0 Å². The summed E-state index contributed by atoms with van der Waals surface area (Å²) in [5.74, 6) is -1.16. The highest BCUT2D eigenvalue weighted by molar-refractivity contribution is 5.71. The van der Waals surface area contributed by atoms with Crippen molar-refractivity contribution in [3.63, 3.8) is 0 Å². The van der Waals surface area contributed by atoms with Gasteiger partial charge in [0, 0.05) is 6.04 Å². The monoisotopic (exact) mass is 169 g/mol. The Labute approximate surface area is 72.3 Å². The predicted octanol–water partition coefficient (Wildman–Crippen LogP) is 1.14. The molecule has 0 heterocycles. The van der Waals surface area contributed by atoms with Gasteiger partial charge in [-0.1, -0.05) is 18.6 Å². The zero-order chi connectivity index (χ0) is 8.97. The fourth-order valence-corrected chi connectivity index (χ4v) is 1.49. The molecule has 0 aromatic rings. The van der Waals surface area contributed by atoms with Gasteiger partial charge in [-0.15, -0.1) is 0 Å². The molecule has 0 aliphatic heterocycles. The number of carboxylic acids is 1. The van der Waals surface area contributed by atoms with E-state index < -0.39 is 5.97 Å². The lowest BCUT2D eigenvalue weighted by molar-refractivity contribution is -0.142. The highest BCUT2D eigenvalue weighted by Crippen LogP contribution is 2.17. The summed E-state index contributed by atoms with van der Waals surface area (Å²) in [6.45, 7) is 0. The maximum atomic E-state index is 10.7. The average molecular weight is 169 g/mol. The van der Waals surface area contributed by atoms with Crippen LogP contribution in [0.4, 0.5) is 0 Å². The van der Waals surface area contributed by atoms with E-state index in [2.05, 4.69) is 0 Å². The Balaban J connectivity index is 2.62. The van der Waals surface area contributed by atoms with Crippen molar-refractivity contribution in [3.05, 3.63) is 12.2 Å². The largest absolute Gasteiger partial charge is 0.481 e. The first-order chi connectivity index (χ1) is 5.72. The van der Waals surface area contributed by atoms with Gasteiger partial charge in [0.05, 0.1) is 5.92 Å². The standard InChI is InChI=1S/C9H15NO2/c10-8-6-4-2-1-3-5-7(8)9(11)12/h4,6-8H,1-3,5,10H2,(H,11,12)/b6-4+. The zero-order valence-electron chi connectivity index (χ0n) is 7.07. The third-order valence-electron chi connectivity index (χ3n) is 2.28. The summed E-state index contributed by atoms with van der Waals surface area (Å²) < 4.78 is 0. The van der Waals surface area contributed by atoms with Crippen LogP contribution in [0.1, 0.15) is 25.7 Å². The van der Waals surface area contributed by atoms with Crippen LogP contribution in [0, 0.1) is 5.92 Å². The molecule has 2 unspecified atom stereocenters. The minimum atomic E-state index is -0.769. The number of nitrogens with two attached hydrogens (primary N) is 1. The second kappa shape index (κ2) is 4.26. The van der Waals surface area contributed by atoms with Crippen LogP contribution in [-0.2, 0) is 4.79 Å². The maximum absolute atomic E-state index is 10.7. The van der Waals surface area contributed by atoms with E-state index in [0.717, 1.165) is 19.3 Å². The van der Waals surface area contributed by atoms with Gasteiger partial charge in [0.25, 0.3) is 0 Å². The molecule has 68 valence electrons. The van der Waals surface area contributed by atoms with Crippen LogP contribution in [0.5, 0.6) is 0 Å². The fourth-order valence-electron chi connectivity index (χ4n) is 1.49. The van der Waals surface area contributed by atoms with Gasteiger partial charge in [-0.25, -0.2) is 0 Å². The van der Waals surface area contributed by atoms with Crippen molar-refractivity contribution in [2.45, 2.75) is 31.7 Å². The number of hydrogen-bond acceptors (Lipinski definition) is 2. The van der Waals surface area contributed by atoms with Gasteiger partial charge >= 0.3 is 5.97 Å². The van der Waals surface area contributed by atoms with Crippen molar-refractivity contribution >= 4 is 5.97 Å². The predicted molar refractivity (Wildman–Crippen MR) is 46.7 cm³/mol. The Morgan fingerprint density at radius 3 is 2.92 bits per heavy atom. The number of hydrogen-bond donors (Lipinski definition) is 2. The molecular weight excluding hydrogens is 154 g/mol. The minimum absolute atomic E-state index is 0.303. The molecule has 0 aromatic carbocycles. The molecule has 1 rings (SSSR count). The van der Waals surface area contributed by atoms with Crippen molar-refractivity contribution in [2.24, 2.45) is 11.7 Å². The van der Waals surface area contributed by atoms with Gasteiger partial charge in [0.1, 0.15) is 0 Å². The summed E-state index contributed by atoms with van der Waals surface area (Å²) in [5, 5.41) is 8.81. The van der Waals surface area contributed by atoms with E-state index >= 15 is 0 Å². The Morgan fingerprint density at radius 1 is 1.50 bits per heavy atom. The van der Waals surface area contributed by atoms with Gasteiger partial charge in [-0.2, -0.15) is 0 Å². The summed E-state index contributed by atoms with van der Waals surface area (Å²) in [5.41, 5.74) is 5.68. The summed E-state index contributed by atoms with van der Waals surface area (Å²) in [6.07, 6.45) is 7.58. The SMILES string of the molecule is NC1/C=C/CCCCC1C(=O)O. The maximum Gasteiger partial charge on any atom is 0.308 e. The Kier molecular flexibility index (Phi) is 3.29. The average Bonchev–Trinajstić information content (AvgIpc) is 1.96. The topological polar surface area (TPSA) is 63.3 Å². The van der Waals surface area contributed by atoms with Crippen LogP contribution in [-0.4, -0.2) is 17.1 Å². The number of carboxylic acid groups (broad SMARTS) is 1. The first kappa shape index (κ1) is 9.26. The van der Waals surface area contributed by atoms with Gasteiger partial charge in [-0.05, 0) is 19.3 Å². The van der Waals surface area contributed by atoms with E-state index in [1.165, 1.54) is 0 Å². The molecule has 3 N–H and O–H groups in total. The molecule has 0 bridgehead atoms. The van der Waals surface area contributed by atoms with Crippen LogP contribution in [0.3, 0.4) is 0 Å². The molecule has 0 aromatic heterocycles. The highest BCUT2D eigenvalue weighted by Gasteiger charge is 2.23. The summed E-state index contributed by atoms with van der Waals surface area (Å²) in [7, 11) is 0. The van der Waals surface area contributed by atoms with Gasteiger partial charge in [0.15, 0.2) is 0 Å². The molecule has 0 amide bonds. The van der Waals surface area contributed by atoms with Crippen LogP contribution in [0.25, 0.3) is 0 Å². The molecule has 1 aliphatic carbocycles. The zero-order valence-corrected chi connectivity index (χ0v) is 7.07. The molecule has 3 nitrogen and oxygen atoms in total. The Morgan fingerprint density at radius 2 is 2.25 bits per heavy atom. The quantitative estimate of drug-likeness (QED) is 0.579. The van der Waals surface area contributed by atoms with Crippen LogP contribution in [0.15, 0.2) is 12.2 Å². The van der Waals surface area contributed by atoms with Crippen LogP contribution in [0.2, 0.25) is 0 Å². The third kappa shape index (κ3) is 2.34. The van der Waals surface area contributed by atoms with E-state index in [1.54, 1.807) is 0 Å². The lowest BCUT2D eigenvalue weighted by atomic mass is 9.91. The number of rotatable bonds is 1. The molecule has 0 spiro atoms. The van der Waals surface area contributed by atoms with E-state index in [4.69, 9.17) is 10.8 Å². The van der Waals surface area contributed by atoms with Gasteiger partial charge in [-0.3, -0.25) is 4.79 Å². The Bertz CT molecular complexity index is 189. The van der Waals surface area contributed by atoms with Crippen LogP contribution < -0.4 is 5.73 Å². The smallest absolute Gasteiger partial charge is 0.308 e. The summed E-state index contributed by atoms with van der Waals surface area (Å²) >= 11 is 0. The second-order valence-electron chi connectivity index (χ2n) is 3.23. The lowest BCUT2D eigenvalue weighted by Gasteiger charge is -2.18. The molecule has 0 saturated heterocycles. The van der Waals surface area contributed by atoms with E-state index in [0.29, 0.717) is 6.42 Å². The van der Waals surface area contributed by atoms with E-state index in [-0.39, 0.29) is 12.0 Å². The highest BCUT2D eigenvalue weighted by atomic mass is 16.4. The van der Waals surface area contributed by atoms with Crippen molar-refractivity contribution in [1.29, 1.82) is 0 Å². The lowest BCUT2D eigenvalue weighted by Crippen LogP contribution is -2.34. The summed E-state index contributed by atoms with van der Waals surface area (Å²) in [6, 6.07) is -0.303. The Hall–Kier alpha value is -0.830. The molecule has 0 fully saturated rings. The first-order valence-electron chi connectivity index (χ1n) is 4.37.